The molecule has 0 aliphatic carbocycles. The third-order valence-corrected chi connectivity index (χ3v) is 7.94. The molecule has 3 heterocycles. The van der Waals surface area contributed by atoms with Gasteiger partial charge in [-0.2, -0.15) is 0 Å². The zero-order valence-electron chi connectivity index (χ0n) is 18.4. The average molecular weight is 473 g/mol. The van der Waals surface area contributed by atoms with Gasteiger partial charge in [0.1, 0.15) is 16.2 Å². The molecule has 5 aromatic rings. The Bertz CT molecular complexity index is 1740. The molecule has 0 bridgehead atoms. The van der Waals surface area contributed by atoms with Crippen LogP contribution in [0.4, 0.5) is 5.82 Å². The molecule has 0 amide bonds. The zero-order chi connectivity index (χ0) is 23.6. The van der Waals surface area contributed by atoms with Crippen LogP contribution in [0, 0.1) is 13.8 Å². The number of sulfone groups is 1. The SMILES string of the molecule is Cc1ccc(S(=O)(=O)c2c(N)n(-c3ccc4c(c3)OCO4)c3nc4ccccc4nc23)cc1C. The summed E-state index contributed by atoms with van der Waals surface area (Å²) in [6.07, 6.45) is 0. The number of benzene rings is 3. The van der Waals surface area contributed by atoms with Crippen molar-refractivity contribution in [3.8, 4) is 17.2 Å². The summed E-state index contributed by atoms with van der Waals surface area (Å²) < 4.78 is 40.3. The minimum absolute atomic E-state index is 0.0300. The van der Waals surface area contributed by atoms with Crippen LogP contribution in [0.5, 0.6) is 11.5 Å². The van der Waals surface area contributed by atoms with Gasteiger partial charge in [-0.1, -0.05) is 18.2 Å². The molecule has 0 saturated heterocycles. The Morgan fingerprint density at radius 3 is 2.38 bits per heavy atom. The number of fused-ring (bicyclic) bond motifs is 3. The van der Waals surface area contributed by atoms with E-state index in [1.807, 2.05) is 32.0 Å². The molecule has 2 N–H and O–H groups in total. The first kappa shape index (κ1) is 20.5. The number of hydrogen-bond acceptors (Lipinski definition) is 7. The molecule has 0 atom stereocenters. The Balaban J connectivity index is 1.70. The van der Waals surface area contributed by atoms with Gasteiger partial charge in [-0.25, -0.2) is 18.4 Å². The van der Waals surface area contributed by atoms with Crippen LogP contribution < -0.4 is 15.2 Å². The first-order valence-electron chi connectivity index (χ1n) is 10.6. The number of nitrogens with two attached hydrogens (primary N) is 1. The summed E-state index contributed by atoms with van der Waals surface area (Å²) in [6, 6.07) is 17.6. The van der Waals surface area contributed by atoms with E-state index in [4.69, 9.17) is 25.2 Å². The van der Waals surface area contributed by atoms with Gasteiger partial charge >= 0.3 is 0 Å². The molecule has 34 heavy (non-hydrogen) atoms. The summed E-state index contributed by atoms with van der Waals surface area (Å²) in [6.45, 7) is 3.93. The lowest BCUT2D eigenvalue weighted by atomic mass is 10.1. The molecule has 0 radical (unpaired) electrons. The van der Waals surface area contributed by atoms with E-state index in [1.165, 1.54) is 0 Å². The number of aryl methyl sites for hydroxylation is 2. The molecule has 8 nitrogen and oxygen atoms in total. The summed E-state index contributed by atoms with van der Waals surface area (Å²) in [5.74, 6) is 1.19. The van der Waals surface area contributed by atoms with Crippen LogP contribution in [-0.2, 0) is 9.84 Å². The molecule has 1 aliphatic rings. The van der Waals surface area contributed by atoms with E-state index in [2.05, 4.69) is 0 Å². The van der Waals surface area contributed by atoms with Crippen molar-refractivity contribution in [1.29, 1.82) is 0 Å². The Hall–Kier alpha value is -4.11. The molecule has 9 heteroatoms. The van der Waals surface area contributed by atoms with E-state index in [9.17, 15) is 8.42 Å². The highest BCUT2D eigenvalue weighted by Gasteiger charge is 2.31. The molecule has 6 rings (SSSR count). The molecule has 170 valence electrons. The number of aromatic nitrogens is 3. The molecule has 0 saturated carbocycles. The minimum Gasteiger partial charge on any atom is -0.454 e. The number of anilines is 1. The van der Waals surface area contributed by atoms with Crippen LogP contribution in [0.25, 0.3) is 27.9 Å². The molecule has 0 unspecified atom stereocenters. The topological polar surface area (TPSA) is 109 Å². The van der Waals surface area contributed by atoms with E-state index in [0.29, 0.717) is 33.9 Å². The second-order valence-electron chi connectivity index (χ2n) is 8.22. The van der Waals surface area contributed by atoms with Crippen LogP contribution in [0.2, 0.25) is 0 Å². The average Bonchev–Trinajstić information content (AvgIpc) is 3.40. The Kier molecular flexibility index (Phi) is 4.34. The van der Waals surface area contributed by atoms with Crippen LogP contribution in [0.3, 0.4) is 0 Å². The second kappa shape index (κ2) is 7.19. The van der Waals surface area contributed by atoms with Gasteiger partial charge < -0.3 is 15.2 Å². The lowest BCUT2D eigenvalue weighted by Gasteiger charge is -2.10. The quantitative estimate of drug-likeness (QED) is 0.416. The lowest BCUT2D eigenvalue weighted by Crippen LogP contribution is -2.08. The van der Waals surface area contributed by atoms with E-state index >= 15 is 0 Å². The summed E-state index contributed by atoms with van der Waals surface area (Å²) in [7, 11) is -4.01. The predicted octanol–water partition coefficient (Wildman–Crippen LogP) is 4.33. The summed E-state index contributed by atoms with van der Waals surface area (Å²) in [4.78, 5) is 9.53. The molecular weight excluding hydrogens is 452 g/mol. The number of nitrogens with zero attached hydrogens (tertiary/aromatic N) is 3. The van der Waals surface area contributed by atoms with Crippen LogP contribution in [0.1, 0.15) is 11.1 Å². The number of rotatable bonds is 3. The third-order valence-electron chi connectivity index (χ3n) is 6.12. The standard InChI is InChI=1S/C25H20N4O4S/c1-14-7-9-17(11-15(14)2)34(30,31)23-22-25(28-19-6-4-3-5-18(19)27-22)29(24(23)26)16-8-10-20-21(12-16)33-13-32-20/h3-12H,13,26H2,1-2H3. The normalized spacial score (nSPS) is 13.1. The van der Waals surface area contributed by atoms with Gasteiger partial charge in [0.2, 0.25) is 16.6 Å². The fourth-order valence-corrected chi connectivity index (χ4v) is 5.76. The van der Waals surface area contributed by atoms with Gasteiger partial charge in [0.15, 0.2) is 17.1 Å². The third kappa shape index (κ3) is 2.94. The molecular formula is C25H20N4O4S. The molecule has 2 aromatic heterocycles. The van der Waals surface area contributed by atoms with E-state index in [1.54, 1.807) is 47.0 Å². The Morgan fingerprint density at radius 2 is 1.62 bits per heavy atom. The molecule has 0 fully saturated rings. The van der Waals surface area contributed by atoms with Crippen molar-refractivity contribution in [2.45, 2.75) is 23.6 Å². The van der Waals surface area contributed by atoms with E-state index in [-0.39, 0.29) is 27.9 Å². The molecule has 0 spiro atoms. The number of ether oxygens (including phenoxy) is 2. The summed E-state index contributed by atoms with van der Waals surface area (Å²) >= 11 is 0. The summed E-state index contributed by atoms with van der Waals surface area (Å²) in [5.41, 5.74) is 10.8. The zero-order valence-corrected chi connectivity index (χ0v) is 19.3. The van der Waals surface area contributed by atoms with Crippen molar-refractivity contribution in [1.82, 2.24) is 14.5 Å². The lowest BCUT2D eigenvalue weighted by molar-refractivity contribution is 0.174. The molecule has 1 aliphatic heterocycles. The van der Waals surface area contributed by atoms with Crippen molar-refractivity contribution in [3.63, 3.8) is 0 Å². The van der Waals surface area contributed by atoms with Gasteiger partial charge in [-0.3, -0.25) is 4.57 Å². The fourth-order valence-electron chi connectivity index (χ4n) is 4.19. The number of nitrogen functional groups attached to an aromatic ring is 1. The minimum atomic E-state index is -4.01. The van der Waals surface area contributed by atoms with Gasteiger partial charge in [0.05, 0.1) is 21.6 Å². The highest BCUT2D eigenvalue weighted by Crippen LogP contribution is 2.40. The maximum Gasteiger partial charge on any atom is 0.231 e. The smallest absolute Gasteiger partial charge is 0.231 e. The van der Waals surface area contributed by atoms with Gasteiger partial charge in [-0.05, 0) is 61.4 Å². The monoisotopic (exact) mass is 472 g/mol. The highest BCUT2D eigenvalue weighted by atomic mass is 32.2. The maximum atomic E-state index is 13.9. The second-order valence-corrected chi connectivity index (χ2v) is 10.1. The highest BCUT2D eigenvalue weighted by molar-refractivity contribution is 7.92. The van der Waals surface area contributed by atoms with Gasteiger partial charge in [-0.15, -0.1) is 0 Å². The van der Waals surface area contributed by atoms with Crippen molar-refractivity contribution in [3.05, 3.63) is 71.8 Å². The Labute approximate surface area is 195 Å². The summed E-state index contributed by atoms with van der Waals surface area (Å²) in [5, 5.41) is 0. The fraction of sp³-hybridized carbons (Fsp3) is 0.120. The van der Waals surface area contributed by atoms with Crippen LogP contribution >= 0.6 is 0 Å². The van der Waals surface area contributed by atoms with Crippen LogP contribution in [-0.4, -0.2) is 29.7 Å². The van der Waals surface area contributed by atoms with Gasteiger partial charge in [0.25, 0.3) is 0 Å². The molecule has 3 aromatic carbocycles. The van der Waals surface area contributed by atoms with Crippen molar-refractivity contribution in [2.75, 3.05) is 12.5 Å². The van der Waals surface area contributed by atoms with Crippen molar-refractivity contribution < 1.29 is 17.9 Å². The first-order chi connectivity index (χ1) is 16.3. The maximum absolute atomic E-state index is 13.9. The number of hydrogen-bond donors (Lipinski definition) is 1. The predicted molar refractivity (Wildman–Crippen MR) is 128 cm³/mol. The number of para-hydroxylation sites is 2. The first-order valence-corrected chi connectivity index (χ1v) is 12.1. The van der Waals surface area contributed by atoms with Crippen LogP contribution in [0.15, 0.2) is 70.5 Å². The van der Waals surface area contributed by atoms with Crippen molar-refractivity contribution in [2.24, 2.45) is 0 Å². The van der Waals surface area contributed by atoms with E-state index in [0.717, 1.165) is 11.1 Å². The largest absolute Gasteiger partial charge is 0.454 e. The van der Waals surface area contributed by atoms with E-state index < -0.39 is 9.84 Å². The Morgan fingerprint density at radius 1 is 0.882 bits per heavy atom. The van der Waals surface area contributed by atoms with Crippen molar-refractivity contribution >= 4 is 37.9 Å². The van der Waals surface area contributed by atoms with Gasteiger partial charge in [0, 0.05) is 6.07 Å².